The lowest BCUT2D eigenvalue weighted by Crippen LogP contribution is -2.51. The van der Waals surface area contributed by atoms with Crippen LogP contribution in [0.4, 0.5) is 4.79 Å². The van der Waals surface area contributed by atoms with E-state index in [0.29, 0.717) is 6.04 Å². The van der Waals surface area contributed by atoms with Crippen molar-refractivity contribution in [1.29, 1.82) is 0 Å². The molecule has 0 saturated carbocycles. The zero-order valence-corrected chi connectivity index (χ0v) is 10.6. The standard InChI is InChI=1S/C12H23N3O2/c1-12(17-11(13)16)4-8-15(9-5-12)10-2-6-14-7-3-10/h10,14H,2-9H2,1H3,(H2,13,16). The van der Waals surface area contributed by atoms with Gasteiger partial charge in [0.2, 0.25) is 0 Å². The highest BCUT2D eigenvalue weighted by molar-refractivity contribution is 5.65. The summed E-state index contributed by atoms with van der Waals surface area (Å²) in [4.78, 5) is 13.4. The van der Waals surface area contributed by atoms with Gasteiger partial charge in [0.25, 0.3) is 0 Å². The topological polar surface area (TPSA) is 67.6 Å². The van der Waals surface area contributed by atoms with Crippen molar-refractivity contribution < 1.29 is 9.53 Å². The fraction of sp³-hybridized carbons (Fsp3) is 0.917. The van der Waals surface area contributed by atoms with Crippen LogP contribution >= 0.6 is 0 Å². The van der Waals surface area contributed by atoms with Crippen molar-refractivity contribution in [3.05, 3.63) is 0 Å². The quantitative estimate of drug-likeness (QED) is 0.746. The maximum atomic E-state index is 10.8. The molecule has 0 bridgehead atoms. The summed E-state index contributed by atoms with van der Waals surface area (Å²) >= 11 is 0. The molecule has 0 aromatic carbocycles. The molecule has 5 nitrogen and oxygen atoms in total. The summed E-state index contributed by atoms with van der Waals surface area (Å²) in [5.41, 5.74) is 4.75. The number of nitrogens with zero attached hydrogens (tertiary/aromatic N) is 1. The van der Waals surface area contributed by atoms with Crippen LogP contribution in [-0.2, 0) is 4.74 Å². The first kappa shape index (κ1) is 12.6. The van der Waals surface area contributed by atoms with Crippen molar-refractivity contribution in [3.63, 3.8) is 0 Å². The van der Waals surface area contributed by atoms with E-state index in [-0.39, 0.29) is 5.60 Å². The predicted molar refractivity (Wildman–Crippen MR) is 65.8 cm³/mol. The molecule has 0 aromatic rings. The minimum Gasteiger partial charge on any atom is -0.443 e. The number of carbonyl (C=O) groups is 1. The van der Waals surface area contributed by atoms with Crippen molar-refractivity contribution in [2.75, 3.05) is 26.2 Å². The van der Waals surface area contributed by atoms with Crippen LogP contribution in [0, 0.1) is 0 Å². The second-order valence-electron chi connectivity index (χ2n) is 5.39. The summed E-state index contributed by atoms with van der Waals surface area (Å²) in [5.74, 6) is 0. The maximum absolute atomic E-state index is 10.8. The van der Waals surface area contributed by atoms with Crippen LogP contribution in [0.5, 0.6) is 0 Å². The summed E-state index contributed by atoms with van der Waals surface area (Å²) in [6.45, 7) is 6.24. The highest BCUT2D eigenvalue weighted by atomic mass is 16.6. The van der Waals surface area contributed by atoms with Gasteiger partial charge in [0.15, 0.2) is 0 Å². The van der Waals surface area contributed by atoms with Crippen LogP contribution < -0.4 is 11.1 Å². The van der Waals surface area contributed by atoms with Gasteiger partial charge in [0.1, 0.15) is 5.60 Å². The molecular formula is C12H23N3O2. The molecule has 0 aromatic heterocycles. The van der Waals surface area contributed by atoms with Gasteiger partial charge in [-0.2, -0.15) is 0 Å². The third kappa shape index (κ3) is 3.33. The smallest absolute Gasteiger partial charge is 0.405 e. The zero-order chi connectivity index (χ0) is 12.3. The first-order valence-electron chi connectivity index (χ1n) is 6.52. The van der Waals surface area contributed by atoms with Crippen LogP contribution in [-0.4, -0.2) is 48.8 Å². The number of likely N-dealkylation sites (tertiary alicyclic amines) is 1. The van der Waals surface area contributed by atoms with Gasteiger partial charge in [-0.25, -0.2) is 4.79 Å². The number of rotatable bonds is 2. The number of nitrogens with two attached hydrogens (primary N) is 1. The lowest BCUT2D eigenvalue weighted by atomic mass is 9.91. The van der Waals surface area contributed by atoms with Crippen molar-refractivity contribution in [2.24, 2.45) is 5.73 Å². The summed E-state index contributed by atoms with van der Waals surface area (Å²) in [5, 5.41) is 3.38. The van der Waals surface area contributed by atoms with Crippen LogP contribution in [0.15, 0.2) is 0 Å². The van der Waals surface area contributed by atoms with Crippen molar-refractivity contribution in [3.8, 4) is 0 Å². The Labute approximate surface area is 103 Å². The largest absolute Gasteiger partial charge is 0.443 e. The summed E-state index contributed by atoms with van der Waals surface area (Å²) in [7, 11) is 0. The van der Waals surface area contributed by atoms with Gasteiger partial charge in [0, 0.05) is 19.1 Å². The van der Waals surface area contributed by atoms with Crippen LogP contribution in [0.1, 0.15) is 32.6 Å². The van der Waals surface area contributed by atoms with E-state index in [1.54, 1.807) is 0 Å². The predicted octanol–water partition coefficient (Wildman–Crippen LogP) is 0.688. The van der Waals surface area contributed by atoms with E-state index in [1.807, 2.05) is 6.92 Å². The first-order valence-corrected chi connectivity index (χ1v) is 6.52. The minimum absolute atomic E-state index is 0.352. The Bertz CT molecular complexity index is 269. The normalized spacial score (nSPS) is 26.6. The van der Waals surface area contributed by atoms with Crippen molar-refractivity contribution >= 4 is 6.09 Å². The molecule has 98 valence electrons. The molecule has 2 heterocycles. The fourth-order valence-electron chi connectivity index (χ4n) is 2.88. The van der Waals surface area contributed by atoms with Crippen LogP contribution in [0.2, 0.25) is 0 Å². The summed E-state index contributed by atoms with van der Waals surface area (Å²) in [6.07, 6.45) is 3.59. The molecular weight excluding hydrogens is 218 g/mol. The van der Waals surface area contributed by atoms with Gasteiger partial charge in [-0.05, 0) is 45.7 Å². The molecule has 0 unspecified atom stereocenters. The Morgan fingerprint density at radius 2 is 1.94 bits per heavy atom. The number of primary amides is 1. The van der Waals surface area contributed by atoms with E-state index < -0.39 is 6.09 Å². The second kappa shape index (κ2) is 5.23. The van der Waals surface area contributed by atoms with Gasteiger partial charge in [-0.3, -0.25) is 4.90 Å². The lowest BCUT2D eigenvalue weighted by Gasteiger charge is -2.43. The van der Waals surface area contributed by atoms with E-state index >= 15 is 0 Å². The van der Waals surface area contributed by atoms with Gasteiger partial charge < -0.3 is 15.8 Å². The molecule has 2 aliphatic heterocycles. The Hall–Kier alpha value is -0.810. The third-order valence-electron chi connectivity index (χ3n) is 4.03. The molecule has 0 radical (unpaired) electrons. The number of hydrogen-bond acceptors (Lipinski definition) is 4. The number of ether oxygens (including phenoxy) is 1. The molecule has 2 fully saturated rings. The SMILES string of the molecule is CC1(OC(N)=O)CCN(C2CCNCC2)CC1. The Balaban J connectivity index is 1.82. The first-order chi connectivity index (χ1) is 8.09. The van der Waals surface area contributed by atoms with Gasteiger partial charge in [-0.1, -0.05) is 0 Å². The van der Waals surface area contributed by atoms with E-state index in [0.717, 1.165) is 39.0 Å². The fourth-order valence-corrected chi connectivity index (χ4v) is 2.88. The third-order valence-corrected chi connectivity index (χ3v) is 4.03. The van der Waals surface area contributed by atoms with E-state index in [4.69, 9.17) is 10.5 Å². The molecule has 2 aliphatic rings. The Kier molecular flexibility index (Phi) is 3.89. The Morgan fingerprint density at radius 1 is 1.35 bits per heavy atom. The van der Waals surface area contributed by atoms with Crippen LogP contribution in [0.3, 0.4) is 0 Å². The average Bonchev–Trinajstić information content (AvgIpc) is 2.29. The van der Waals surface area contributed by atoms with Gasteiger partial charge >= 0.3 is 6.09 Å². The molecule has 3 N–H and O–H groups in total. The van der Waals surface area contributed by atoms with E-state index in [9.17, 15) is 4.79 Å². The average molecular weight is 241 g/mol. The molecule has 1 amide bonds. The molecule has 5 heteroatoms. The second-order valence-corrected chi connectivity index (χ2v) is 5.39. The van der Waals surface area contributed by atoms with E-state index in [2.05, 4.69) is 10.2 Å². The highest BCUT2D eigenvalue weighted by Crippen LogP contribution is 2.28. The van der Waals surface area contributed by atoms with Gasteiger partial charge in [0.05, 0.1) is 0 Å². The molecule has 0 spiro atoms. The monoisotopic (exact) mass is 241 g/mol. The maximum Gasteiger partial charge on any atom is 0.405 e. The molecule has 0 atom stereocenters. The molecule has 2 rings (SSSR count). The minimum atomic E-state index is -0.650. The van der Waals surface area contributed by atoms with Crippen molar-refractivity contribution in [1.82, 2.24) is 10.2 Å². The lowest BCUT2D eigenvalue weighted by molar-refractivity contribution is -0.0296. The molecule has 0 aliphatic carbocycles. The number of hydrogen-bond donors (Lipinski definition) is 2. The van der Waals surface area contributed by atoms with E-state index in [1.165, 1.54) is 12.8 Å². The summed E-state index contributed by atoms with van der Waals surface area (Å²) < 4.78 is 5.21. The number of carbonyl (C=O) groups excluding carboxylic acids is 1. The number of piperidine rings is 2. The van der Waals surface area contributed by atoms with Crippen LogP contribution in [0.25, 0.3) is 0 Å². The number of amides is 1. The molecule has 17 heavy (non-hydrogen) atoms. The highest BCUT2D eigenvalue weighted by Gasteiger charge is 2.35. The van der Waals surface area contributed by atoms with Crippen molar-refractivity contribution in [2.45, 2.75) is 44.2 Å². The zero-order valence-electron chi connectivity index (χ0n) is 10.6. The number of nitrogens with one attached hydrogen (secondary N) is 1. The Morgan fingerprint density at radius 3 is 2.47 bits per heavy atom. The van der Waals surface area contributed by atoms with Gasteiger partial charge in [-0.15, -0.1) is 0 Å². The summed E-state index contributed by atoms with van der Waals surface area (Å²) in [6, 6.07) is 0.703. The molecule has 2 saturated heterocycles.